The van der Waals surface area contributed by atoms with Crippen LogP contribution in [-0.2, 0) is 28.1 Å². The van der Waals surface area contributed by atoms with Crippen LogP contribution in [0.1, 0.15) is 93.8 Å². The largest absolute Gasteiger partial charge is 0.0619 e. The second-order valence-electron chi connectivity index (χ2n) is 15.2. The monoisotopic (exact) mass is 546 g/mol. The van der Waals surface area contributed by atoms with Crippen molar-refractivity contribution in [1.29, 1.82) is 0 Å². The Morgan fingerprint density at radius 3 is 1.88 bits per heavy atom. The van der Waals surface area contributed by atoms with Gasteiger partial charge in [0.15, 0.2) is 0 Å². The van der Waals surface area contributed by atoms with Crippen LogP contribution in [0.5, 0.6) is 0 Å². The summed E-state index contributed by atoms with van der Waals surface area (Å²) in [6, 6.07) is 34.8. The Morgan fingerprint density at radius 1 is 0.571 bits per heavy atom. The van der Waals surface area contributed by atoms with Crippen molar-refractivity contribution in [2.75, 3.05) is 0 Å². The number of fused-ring (bicyclic) bond motifs is 8. The predicted octanol–water partition coefficient (Wildman–Crippen LogP) is 10.6. The highest BCUT2D eigenvalue weighted by Crippen LogP contribution is 2.62. The number of benzene rings is 4. The highest BCUT2D eigenvalue weighted by atomic mass is 14.5. The topological polar surface area (TPSA) is 0 Å². The molecule has 0 saturated carbocycles. The highest BCUT2D eigenvalue weighted by molar-refractivity contribution is 5.96. The van der Waals surface area contributed by atoms with E-state index in [-0.39, 0.29) is 21.7 Å². The minimum absolute atomic E-state index is 0.0216. The molecule has 2 unspecified atom stereocenters. The van der Waals surface area contributed by atoms with E-state index < -0.39 is 0 Å². The summed E-state index contributed by atoms with van der Waals surface area (Å²) in [6.07, 6.45) is 4.72. The van der Waals surface area contributed by atoms with Crippen LogP contribution in [0.2, 0.25) is 0 Å². The third-order valence-electron chi connectivity index (χ3n) is 12.5. The SMILES string of the molecule is CC1(Cc2cccc3c2-c2ccccc2C(C)(C)C3(C)C)C2=C(C=C3c4ccccc4C(C)(C)C3C2)c2ccccc21. The molecule has 8 rings (SSSR count). The molecule has 0 aromatic heterocycles. The van der Waals surface area contributed by atoms with Crippen molar-refractivity contribution in [2.45, 2.75) is 83.0 Å². The maximum atomic E-state index is 2.59. The van der Waals surface area contributed by atoms with E-state index in [1.165, 1.54) is 55.6 Å². The molecule has 0 nitrogen and oxygen atoms in total. The molecular weight excluding hydrogens is 504 g/mol. The van der Waals surface area contributed by atoms with Gasteiger partial charge in [0.2, 0.25) is 0 Å². The maximum Gasteiger partial charge on any atom is 0.0189 e. The standard InChI is InChI=1S/C42H42/c1-39(2)32-19-11-8-16-27(32)30-23-31-28-17-9-13-21-34(28)42(7,37(31)24-36(30)39)25-26-15-14-22-35-38(26)29-18-10-12-20-33(29)40(3,4)41(35,5)6/h8-23,36H,24-25H2,1-7H3. The summed E-state index contributed by atoms with van der Waals surface area (Å²) < 4.78 is 0. The molecule has 4 aromatic carbocycles. The molecule has 0 spiro atoms. The fourth-order valence-corrected chi connectivity index (χ4v) is 9.37. The fourth-order valence-electron chi connectivity index (χ4n) is 9.37. The molecule has 0 fully saturated rings. The third kappa shape index (κ3) is 3.09. The molecule has 0 heteroatoms. The van der Waals surface area contributed by atoms with Crippen molar-refractivity contribution in [3.05, 3.63) is 142 Å². The van der Waals surface area contributed by atoms with Crippen molar-refractivity contribution in [3.8, 4) is 11.1 Å². The van der Waals surface area contributed by atoms with Gasteiger partial charge in [-0.25, -0.2) is 0 Å². The molecule has 0 aliphatic heterocycles. The number of hydrogen-bond donors (Lipinski definition) is 0. The van der Waals surface area contributed by atoms with E-state index >= 15 is 0 Å². The second-order valence-corrected chi connectivity index (χ2v) is 15.2. The molecule has 42 heavy (non-hydrogen) atoms. The van der Waals surface area contributed by atoms with Gasteiger partial charge < -0.3 is 0 Å². The van der Waals surface area contributed by atoms with E-state index in [9.17, 15) is 0 Å². The van der Waals surface area contributed by atoms with Gasteiger partial charge in [0.25, 0.3) is 0 Å². The summed E-state index contributed by atoms with van der Waals surface area (Å²) in [6.45, 7) is 17.2. The van der Waals surface area contributed by atoms with Crippen LogP contribution in [0.3, 0.4) is 0 Å². The van der Waals surface area contributed by atoms with Crippen molar-refractivity contribution in [3.63, 3.8) is 0 Å². The Bertz CT molecular complexity index is 1870. The lowest BCUT2D eigenvalue weighted by atomic mass is 9.54. The number of allylic oxidation sites excluding steroid dienone is 4. The number of rotatable bonds is 2. The maximum absolute atomic E-state index is 2.59. The van der Waals surface area contributed by atoms with Gasteiger partial charge in [-0.1, -0.05) is 151 Å². The predicted molar refractivity (Wildman–Crippen MR) is 178 cm³/mol. The average molecular weight is 547 g/mol. The average Bonchev–Trinajstić information content (AvgIpc) is 3.36. The van der Waals surface area contributed by atoms with Crippen LogP contribution < -0.4 is 0 Å². The normalized spacial score (nSPS) is 25.0. The summed E-state index contributed by atoms with van der Waals surface area (Å²) in [5.41, 5.74) is 18.1. The van der Waals surface area contributed by atoms with Crippen LogP contribution in [0.15, 0.2) is 103 Å². The Balaban J connectivity index is 1.33. The molecule has 4 aromatic rings. The van der Waals surface area contributed by atoms with Gasteiger partial charge in [0, 0.05) is 5.41 Å². The van der Waals surface area contributed by atoms with Gasteiger partial charge in [-0.3, -0.25) is 0 Å². The first-order chi connectivity index (χ1) is 20.0. The van der Waals surface area contributed by atoms with Crippen LogP contribution >= 0.6 is 0 Å². The summed E-state index contributed by atoms with van der Waals surface area (Å²) in [7, 11) is 0. The van der Waals surface area contributed by atoms with E-state index in [0.717, 1.165) is 12.8 Å². The minimum atomic E-state index is -0.0556. The van der Waals surface area contributed by atoms with Gasteiger partial charge in [-0.15, -0.1) is 0 Å². The molecule has 210 valence electrons. The zero-order chi connectivity index (χ0) is 29.2. The van der Waals surface area contributed by atoms with E-state index in [2.05, 4.69) is 146 Å². The van der Waals surface area contributed by atoms with Gasteiger partial charge in [0.05, 0.1) is 0 Å². The molecule has 0 bridgehead atoms. The summed E-state index contributed by atoms with van der Waals surface area (Å²) in [5, 5.41) is 0. The molecule has 0 heterocycles. The smallest absolute Gasteiger partial charge is 0.0189 e. The molecule has 4 aliphatic carbocycles. The Kier molecular flexibility index (Phi) is 5.11. The zero-order valence-corrected chi connectivity index (χ0v) is 26.2. The molecular formula is C42H42. The van der Waals surface area contributed by atoms with E-state index in [0.29, 0.717) is 5.92 Å². The highest BCUT2D eigenvalue weighted by Gasteiger charge is 2.51. The van der Waals surface area contributed by atoms with Crippen LogP contribution in [0.4, 0.5) is 0 Å². The first kappa shape index (κ1) is 26.0. The van der Waals surface area contributed by atoms with Gasteiger partial charge in [-0.2, -0.15) is 0 Å². The van der Waals surface area contributed by atoms with Crippen molar-refractivity contribution < 1.29 is 0 Å². The van der Waals surface area contributed by atoms with Crippen molar-refractivity contribution in [1.82, 2.24) is 0 Å². The zero-order valence-electron chi connectivity index (χ0n) is 26.2. The van der Waals surface area contributed by atoms with Gasteiger partial charge in [0.1, 0.15) is 0 Å². The van der Waals surface area contributed by atoms with Crippen LogP contribution in [0.25, 0.3) is 22.3 Å². The Morgan fingerprint density at radius 2 is 1.14 bits per heavy atom. The van der Waals surface area contributed by atoms with Crippen LogP contribution in [-0.4, -0.2) is 0 Å². The lowest BCUT2D eigenvalue weighted by Gasteiger charge is -2.49. The minimum Gasteiger partial charge on any atom is -0.0619 e. The van der Waals surface area contributed by atoms with Gasteiger partial charge in [-0.05, 0) is 96.2 Å². The van der Waals surface area contributed by atoms with Crippen LogP contribution in [0, 0.1) is 5.92 Å². The summed E-state index contributed by atoms with van der Waals surface area (Å²) >= 11 is 0. The lowest BCUT2D eigenvalue weighted by Crippen LogP contribution is -2.44. The van der Waals surface area contributed by atoms with Crippen molar-refractivity contribution >= 4 is 11.1 Å². The quantitative estimate of drug-likeness (QED) is 0.235. The molecule has 0 N–H and O–H groups in total. The summed E-state index contributed by atoms with van der Waals surface area (Å²) in [5.74, 6) is 0.507. The molecule has 0 amide bonds. The van der Waals surface area contributed by atoms with E-state index in [1.54, 1.807) is 11.1 Å². The second kappa shape index (κ2) is 8.25. The summed E-state index contributed by atoms with van der Waals surface area (Å²) in [4.78, 5) is 0. The fraction of sp³-hybridized carbons (Fsp3) is 0.333. The lowest BCUT2D eigenvalue weighted by molar-refractivity contribution is 0.298. The Hall–Kier alpha value is -3.64. The molecule has 0 radical (unpaired) electrons. The molecule has 2 atom stereocenters. The van der Waals surface area contributed by atoms with E-state index in [4.69, 9.17) is 0 Å². The number of hydrogen-bond acceptors (Lipinski definition) is 0. The molecule has 4 aliphatic rings. The first-order valence-electron chi connectivity index (χ1n) is 15.8. The van der Waals surface area contributed by atoms with Gasteiger partial charge >= 0.3 is 0 Å². The third-order valence-corrected chi connectivity index (χ3v) is 12.5. The van der Waals surface area contributed by atoms with E-state index in [1.807, 2.05) is 0 Å². The first-order valence-corrected chi connectivity index (χ1v) is 15.8. The molecule has 0 saturated heterocycles. The Labute approximate surface area is 252 Å². The van der Waals surface area contributed by atoms with Crippen molar-refractivity contribution in [2.24, 2.45) is 5.92 Å².